The molecule has 0 saturated heterocycles. The number of aromatic nitrogens is 3. The second kappa shape index (κ2) is 14.3. The van der Waals surface area contributed by atoms with Crippen LogP contribution >= 0.6 is 0 Å². The van der Waals surface area contributed by atoms with Crippen LogP contribution in [0.3, 0.4) is 0 Å². The van der Waals surface area contributed by atoms with Gasteiger partial charge in [-0.25, -0.2) is 15.0 Å². The Hall–Kier alpha value is -5.45. The molecule has 0 aliphatic heterocycles. The first-order valence-corrected chi connectivity index (χ1v) is 20.0. The van der Waals surface area contributed by atoms with Crippen molar-refractivity contribution in [1.29, 1.82) is 0 Å². The summed E-state index contributed by atoms with van der Waals surface area (Å²) in [5.74, 6) is 1.96. The molecular formula is C45H41N3Si. The maximum absolute atomic E-state index is 5.10. The minimum absolute atomic E-state index is 0.649. The number of nitrogens with zero attached hydrogens (tertiary/aromatic N) is 3. The molecule has 1 heterocycles. The third kappa shape index (κ3) is 6.65. The van der Waals surface area contributed by atoms with Crippen molar-refractivity contribution in [1.82, 2.24) is 15.0 Å². The van der Waals surface area contributed by atoms with Crippen molar-refractivity contribution >= 4 is 13.3 Å². The van der Waals surface area contributed by atoms with Crippen molar-refractivity contribution in [3.05, 3.63) is 158 Å². The molecule has 0 bridgehead atoms. The molecule has 240 valence electrons. The topological polar surface area (TPSA) is 38.7 Å². The Morgan fingerprint density at radius 2 is 0.776 bits per heavy atom. The Bertz CT molecular complexity index is 2150. The molecule has 0 amide bonds. The van der Waals surface area contributed by atoms with E-state index in [1.807, 2.05) is 42.5 Å². The van der Waals surface area contributed by atoms with Crippen LogP contribution in [-0.4, -0.2) is 23.0 Å². The van der Waals surface area contributed by atoms with Crippen LogP contribution in [0.1, 0.15) is 20.8 Å². The molecule has 6 aromatic carbocycles. The number of benzene rings is 6. The molecule has 0 fully saturated rings. The van der Waals surface area contributed by atoms with Crippen LogP contribution in [0, 0.1) is 0 Å². The third-order valence-corrected chi connectivity index (χ3v) is 15.7. The molecule has 0 aliphatic rings. The van der Waals surface area contributed by atoms with Crippen LogP contribution in [0.2, 0.25) is 18.1 Å². The highest BCUT2D eigenvalue weighted by Gasteiger charge is 2.28. The summed E-state index contributed by atoms with van der Waals surface area (Å²) in [6.45, 7) is 7.11. The molecule has 0 aliphatic carbocycles. The molecule has 49 heavy (non-hydrogen) atoms. The van der Waals surface area contributed by atoms with E-state index in [4.69, 9.17) is 15.0 Å². The van der Waals surface area contributed by atoms with Crippen LogP contribution in [-0.2, 0) is 0 Å². The van der Waals surface area contributed by atoms with Crippen LogP contribution < -0.4 is 5.19 Å². The summed E-state index contributed by atoms with van der Waals surface area (Å²) >= 11 is 0. The van der Waals surface area contributed by atoms with Crippen molar-refractivity contribution < 1.29 is 0 Å². The Balaban J connectivity index is 1.24. The maximum Gasteiger partial charge on any atom is 0.164 e. The molecule has 7 aromatic rings. The fraction of sp³-hybridized carbons (Fsp3) is 0.133. The van der Waals surface area contributed by atoms with E-state index in [0.717, 1.165) is 38.9 Å². The van der Waals surface area contributed by atoms with E-state index >= 15 is 0 Å². The summed E-state index contributed by atoms with van der Waals surface area (Å²) in [6.07, 6.45) is 0. The molecule has 7 rings (SSSR count). The average molecular weight is 652 g/mol. The standard InChI is InChI=1S/C45H41N3Si/c1-4-49(5-2,6-3)40-30-28-34(29-31-40)33-24-26-35(27-25-33)38-20-15-21-39(32-38)44-46-43(37-18-11-8-12-19-37)47-45(48-44)42-23-14-13-22-41(42)36-16-9-7-10-17-36/h7-32H,4-6H2,1-3H3. The fourth-order valence-corrected chi connectivity index (χ4v) is 10.6. The number of hydrogen-bond donors (Lipinski definition) is 0. The molecule has 4 heteroatoms. The van der Waals surface area contributed by atoms with Gasteiger partial charge in [0.1, 0.15) is 0 Å². The predicted molar refractivity (Wildman–Crippen MR) is 209 cm³/mol. The lowest BCUT2D eigenvalue weighted by atomic mass is 9.98. The molecule has 0 spiro atoms. The Morgan fingerprint density at radius 3 is 1.37 bits per heavy atom. The van der Waals surface area contributed by atoms with Crippen LogP contribution in [0.15, 0.2) is 158 Å². The van der Waals surface area contributed by atoms with E-state index in [1.54, 1.807) is 5.19 Å². The SMILES string of the molecule is CC[Si](CC)(CC)c1ccc(-c2ccc(-c3cccc(-c4nc(-c5ccccc5)nc(-c5ccccc5-c5ccccc5)n4)c3)cc2)cc1. The van der Waals surface area contributed by atoms with Gasteiger partial charge in [0, 0.05) is 16.7 Å². The lowest BCUT2D eigenvalue weighted by Crippen LogP contribution is -2.45. The highest BCUT2D eigenvalue weighted by atomic mass is 28.3. The van der Waals surface area contributed by atoms with E-state index in [2.05, 4.69) is 136 Å². The number of hydrogen-bond acceptors (Lipinski definition) is 3. The van der Waals surface area contributed by atoms with Gasteiger partial charge in [-0.3, -0.25) is 0 Å². The third-order valence-electron chi connectivity index (χ3n) is 10.1. The number of rotatable bonds is 10. The Morgan fingerprint density at radius 1 is 0.347 bits per heavy atom. The molecule has 0 N–H and O–H groups in total. The van der Waals surface area contributed by atoms with E-state index in [0.29, 0.717) is 17.5 Å². The van der Waals surface area contributed by atoms with Gasteiger partial charge in [0.15, 0.2) is 17.5 Å². The van der Waals surface area contributed by atoms with Gasteiger partial charge < -0.3 is 0 Å². The van der Waals surface area contributed by atoms with E-state index in [9.17, 15) is 0 Å². The van der Waals surface area contributed by atoms with Crippen molar-refractivity contribution in [2.24, 2.45) is 0 Å². The lowest BCUT2D eigenvalue weighted by Gasteiger charge is -2.28. The molecular weight excluding hydrogens is 611 g/mol. The van der Waals surface area contributed by atoms with Gasteiger partial charge in [0.2, 0.25) is 0 Å². The minimum atomic E-state index is -1.38. The fourth-order valence-electron chi connectivity index (χ4n) is 6.96. The smallest absolute Gasteiger partial charge is 0.164 e. The molecule has 0 saturated carbocycles. The van der Waals surface area contributed by atoms with Gasteiger partial charge >= 0.3 is 0 Å². The zero-order valence-electron chi connectivity index (χ0n) is 28.5. The quantitative estimate of drug-likeness (QED) is 0.138. The maximum atomic E-state index is 5.10. The summed E-state index contributed by atoms with van der Waals surface area (Å²) < 4.78 is 0. The van der Waals surface area contributed by atoms with Crippen molar-refractivity contribution in [2.45, 2.75) is 38.9 Å². The molecule has 0 radical (unpaired) electrons. The Kier molecular flexibility index (Phi) is 9.40. The minimum Gasteiger partial charge on any atom is -0.208 e. The summed E-state index contributed by atoms with van der Waals surface area (Å²) in [6, 6.07) is 59.6. The van der Waals surface area contributed by atoms with Gasteiger partial charge in [-0.2, -0.15) is 0 Å². The zero-order chi connectivity index (χ0) is 33.6. The van der Waals surface area contributed by atoms with E-state index < -0.39 is 8.07 Å². The first kappa shape index (κ1) is 32.1. The van der Waals surface area contributed by atoms with Crippen LogP contribution in [0.4, 0.5) is 0 Å². The first-order chi connectivity index (χ1) is 24.1. The van der Waals surface area contributed by atoms with Gasteiger partial charge in [-0.15, -0.1) is 0 Å². The van der Waals surface area contributed by atoms with E-state index in [-0.39, 0.29) is 0 Å². The molecule has 0 atom stereocenters. The molecule has 3 nitrogen and oxygen atoms in total. The molecule has 1 aromatic heterocycles. The first-order valence-electron chi connectivity index (χ1n) is 17.4. The lowest BCUT2D eigenvalue weighted by molar-refractivity contribution is 1.07. The monoisotopic (exact) mass is 651 g/mol. The normalized spacial score (nSPS) is 11.4. The van der Waals surface area contributed by atoms with E-state index in [1.165, 1.54) is 29.3 Å². The van der Waals surface area contributed by atoms with Crippen LogP contribution in [0.5, 0.6) is 0 Å². The van der Waals surface area contributed by atoms with Gasteiger partial charge in [0.05, 0.1) is 8.07 Å². The summed E-state index contributed by atoms with van der Waals surface area (Å²) in [5.41, 5.74) is 9.86. The van der Waals surface area contributed by atoms with Gasteiger partial charge in [-0.1, -0.05) is 196 Å². The van der Waals surface area contributed by atoms with Crippen molar-refractivity contribution in [2.75, 3.05) is 0 Å². The zero-order valence-corrected chi connectivity index (χ0v) is 29.5. The second-order valence-electron chi connectivity index (χ2n) is 12.7. The molecule has 0 unspecified atom stereocenters. The summed E-state index contributed by atoms with van der Waals surface area (Å²) in [7, 11) is -1.38. The predicted octanol–water partition coefficient (Wildman–Crippen LogP) is 11.6. The second-order valence-corrected chi connectivity index (χ2v) is 17.9. The van der Waals surface area contributed by atoms with Crippen LogP contribution in [0.25, 0.3) is 67.5 Å². The highest BCUT2D eigenvalue weighted by Crippen LogP contribution is 2.33. The van der Waals surface area contributed by atoms with Gasteiger partial charge in [-0.05, 0) is 39.4 Å². The van der Waals surface area contributed by atoms with Crippen molar-refractivity contribution in [3.63, 3.8) is 0 Å². The van der Waals surface area contributed by atoms with Crippen molar-refractivity contribution in [3.8, 4) is 67.5 Å². The highest BCUT2D eigenvalue weighted by molar-refractivity contribution is 6.91. The Labute approximate surface area is 291 Å². The average Bonchev–Trinajstić information content (AvgIpc) is 3.20. The largest absolute Gasteiger partial charge is 0.208 e. The van der Waals surface area contributed by atoms with Gasteiger partial charge in [0.25, 0.3) is 0 Å². The summed E-state index contributed by atoms with van der Waals surface area (Å²) in [5, 5.41) is 1.58. The summed E-state index contributed by atoms with van der Waals surface area (Å²) in [4.78, 5) is 15.1.